The van der Waals surface area contributed by atoms with E-state index in [1.54, 1.807) is 0 Å². The van der Waals surface area contributed by atoms with Crippen molar-refractivity contribution in [2.24, 2.45) is 0 Å². The predicted octanol–water partition coefficient (Wildman–Crippen LogP) is 0.643. The number of furan rings is 1. The number of imide groups is 1. The zero-order valence-electron chi connectivity index (χ0n) is 14.0. The Labute approximate surface area is 149 Å². The molecule has 1 aromatic carbocycles. The molecular weight excluding hydrogens is 364 g/mol. The molecule has 0 spiro atoms. The molecule has 9 nitrogen and oxygen atoms in total. The molecule has 0 aliphatic heterocycles. The van der Waals surface area contributed by atoms with Gasteiger partial charge in [-0.15, -0.1) is 0 Å². The highest BCUT2D eigenvalue weighted by atomic mass is 32.2. The third-order valence-electron chi connectivity index (χ3n) is 3.20. The first-order valence-electron chi connectivity index (χ1n) is 7.29. The van der Waals surface area contributed by atoms with Crippen LogP contribution in [0, 0.1) is 0 Å². The molecule has 1 heterocycles. The summed E-state index contributed by atoms with van der Waals surface area (Å²) in [5.74, 6) is -2.47. The lowest BCUT2D eigenvalue weighted by atomic mass is 10.2. The summed E-state index contributed by atoms with van der Waals surface area (Å²) in [6.45, 7) is -0.678. The normalized spacial score (nSPS) is 11.2. The number of rotatable bonds is 6. The lowest BCUT2D eigenvalue weighted by Gasteiger charge is -2.11. The molecule has 0 atom stereocenters. The standard InChI is InChI=1S/C16H16N2O7S/c1-18(2)26(22,23)12-7-5-11(6-8-12)16(21)25-10-14(19)17-15(20)13-4-3-9-24-13/h3-9H,10H2,1-2H3,(H,17,19,20). The maximum atomic E-state index is 11.9. The average molecular weight is 380 g/mol. The van der Waals surface area contributed by atoms with Gasteiger partial charge in [-0.05, 0) is 36.4 Å². The highest BCUT2D eigenvalue weighted by Gasteiger charge is 2.19. The highest BCUT2D eigenvalue weighted by Crippen LogP contribution is 2.14. The van der Waals surface area contributed by atoms with Gasteiger partial charge in [-0.2, -0.15) is 0 Å². The van der Waals surface area contributed by atoms with E-state index in [2.05, 4.69) is 0 Å². The number of carbonyl (C=O) groups excluding carboxylic acids is 3. The lowest BCUT2D eigenvalue weighted by molar-refractivity contribution is -0.123. The number of ether oxygens (including phenoxy) is 1. The predicted molar refractivity (Wildman–Crippen MR) is 88.8 cm³/mol. The number of esters is 1. The first-order chi connectivity index (χ1) is 12.2. The zero-order chi connectivity index (χ0) is 19.3. The molecule has 2 rings (SSSR count). The largest absolute Gasteiger partial charge is 0.459 e. The minimum atomic E-state index is -3.61. The van der Waals surface area contributed by atoms with Gasteiger partial charge in [0, 0.05) is 14.1 Å². The number of benzene rings is 1. The van der Waals surface area contributed by atoms with Crippen molar-refractivity contribution < 1.29 is 32.0 Å². The molecule has 0 saturated carbocycles. The molecule has 1 N–H and O–H groups in total. The third kappa shape index (κ3) is 4.55. The van der Waals surface area contributed by atoms with E-state index >= 15 is 0 Å². The van der Waals surface area contributed by atoms with Crippen LogP contribution in [0.1, 0.15) is 20.9 Å². The smallest absolute Gasteiger partial charge is 0.338 e. The highest BCUT2D eigenvalue weighted by molar-refractivity contribution is 7.89. The summed E-state index contributed by atoms with van der Waals surface area (Å²) >= 11 is 0. The van der Waals surface area contributed by atoms with Crippen LogP contribution in [0.15, 0.2) is 52.0 Å². The van der Waals surface area contributed by atoms with Gasteiger partial charge in [0.1, 0.15) is 0 Å². The number of amides is 2. The Morgan fingerprint density at radius 3 is 2.31 bits per heavy atom. The van der Waals surface area contributed by atoms with Crippen molar-refractivity contribution in [3.05, 3.63) is 54.0 Å². The fourth-order valence-corrected chi connectivity index (χ4v) is 2.72. The second kappa shape index (κ2) is 7.93. The van der Waals surface area contributed by atoms with E-state index in [9.17, 15) is 22.8 Å². The van der Waals surface area contributed by atoms with E-state index in [1.807, 2.05) is 5.32 Å². The summed E-state index contributed by atoms with van der Waals surface area (Å²) in [6, 6.07) is 7.91. The number of nitrogens with zero attached hydrogens (tertiary/aromatic N) is 1. The Morgan fingerprint density at radius 2 is 1.77 bits per heavy atom. The zero-order valence-corrected chi connectivity index (χ0v) is 14.8. The van der Waals surface area contributed by atoms with E-state index in [0.717, 1.165) is 4.31 Å². The minimum Gasteiger partial charge on any atom is -0.459 e. The van der Waals surface area contributed by atoms with Crippen LogP contribution in [0.4, 0.5) is 0 Å². The van der Waals surface area contributed by atoms with Crippen LogP contribution in [0.3, 0.4) is 0 Å². The molecular formula is C16H16N2O7S. The van der Waals surface area contributed by atoms with Crippen LogP contribution < -0.4 is 5.32 Å². The van der Waals surface area contributed by atoms with E-state index in [-0.39, 0.29) is 16.2 Å². The van der Waals surface area contributed by atoms with Crippen molar-refractivity contribution in [3.8, 4) is 0 Å². The third-order valence-corrected chi connectivity index (χ3v) is 5.03. The van der Waals surface area contributed by atoms with Gasteiger partial charge in [0.05, 0.1) is 16.7 Å². The number of hydrogen-bond donors (Lipinski definition) is 1. The first kappa shape index (κ1) is 19.3. The molecule has 138 valence electrons. The quantitative estimate of drug-likeness (QED) is 0.730. The van der Waals surface area contributed by atoms with Crippen LogP contribution in [-0.2, 0) is 19.6 Å². The monoisotopic (exact) mass is 380 g/mol. The van der Waals surface area contributed by atoms with Crippen LogP contribution in [0.25, 0.3) is 0 Å². The molecule has 2 amide bonds. The Balaban J connectivity index is 1.91. The van der Waals surface area contributed by atoms with Crippen LogP contribution in [0.5, 0.6) is 0 Å². The number of nitrogens with one attached hydrogen (secondary N) is 1. The Kier molecular flexibility index (Phi) is 5.90. The summed E-state index contributed by atoms with van der Waals surface area (Å²) in [5.41, 5.74) is 0.0628. The van der Waals surface area contributed by atoms with Crippen LogP contribution in [0.2, 0.25) is 0 Å². The summed E-state index contributed by atoms with van der Waals surface area (Å²) in [4.78, 5) is 35.1. The van der Waals surface area contributed by atoms with Gasteiger partial charge >= 0.3 is 5.97 Å². The maximum Gasteiger partial charge on any atom is 0.338 e. The number of sulfonamides is 1. The van der Waals surface area contributed by atoms with E-state index in [1.165, 1.54) is 56.8 Å². The molecule has 0 saturated heterocycles. The van der Waals surface area contributed by atoms with Gasteiger partial charge in [-0.1, -0.05) is 0 Å². The van der Waals surface area contributed by atoms with E-state index < -0.39 is 34.4 Å². The molecule has 2 aromatic rings. The number of hydrogen-bond acceptors (Lipinski definition) is 7. The van der Waals surface area contributed by atoms with Gasteiger partial charge in [-0.3, -0.25) is 14.9 Å². The second-order valence-corrected chi connectivity index (χ2v) is 7.39. The van der Waals surface area contributed by atoms with Crippen molar-refractivity contribution in [2.75, 3.05) is 20.7 Å². The first-order valence-corrected chi connectivity index (χ1v) is 8.73. The van der Waals surface area contributed by atoms with Crippen molar-refractivity contribution >= 4 is 27.8 Å². The topological polar surface area (TPSA) is 123 Å². The summed E-state index contributed by atoms with van der Waals surface area (Å²) < 4.78 is 34.5. The molecule has 0 bridgehead atoms. The van der Waals surface area contributed by atoms with Gasteiger partial charge in [0.25, 0.3) is 11.8 Å². The molecule has 0 radical (unpaired) electrons. The molecule has 0 aliphatic rings. The molecule has 0 aliphatic carbocycles. The van der Waals surface area contributed by atoms with Gasteiger partial charge in [0.2, 0.25) is 10.0 Å². The Bertz CT molecular complexity index is 901. The Morgan fingerprint density at radius 1 is 1.12 bits per heavy atom. The SMILES string of the molecule is CN(C)S(=O)(=O)c1ccc(C(=O)OCC(=O)NC(=O)c2ccco2)cc1. The maximum absolute atomic E-state index is 11.9. The van der Waals surface area contributed by atoms with Gasteiger partial charge in [-0.25, -0.2) is 17.5 Å². The molecule has 0 fully saturated rings. The fourth-order valence-electron chi connectivity index (χ4n) is 1.82. The lowest BCUT2D eigenvalue weighted by Crippen LogP contribution is -2.34. The average Bonchev–Trinajstić information content (AvgIpc) is 3.14. The van der Waals surface area contributed by atoms with E-state index in [0.29, 0.717) is 0 Å². The van der Waals surface area contributed by atoms with Crippen LogP contribution >= 0.6 is 0 Å². The fraction of sp³-hybridized carbons (Fsp3) is 0.188. The van der Waals surface area contributed by atoms with Crippen molar-refractivity contribution in [1.82, 2.24) is 9.62 Å². The number of carbonyl (C=O) groups is 3. The van der Waals surface area contributed by atoms with Crippen molar-refractivity contribution in [1.29, 1.82) is 0 Å². The molecule has 1 aromatic heterocycles. The van der Waals surface area contributed by atoms with E-state index in [4.69, 9.17) is 9.15 Å². The Hall–Kier alpha value is -2.98. The van der Waals surface area contributed by atoms with Crippen molar-refractivity contribution in [2.45, 2.75) is 4.90 Å². The summed E-state index contributed by atoms with van der Waals surface area (Å²) in [5, 5.41) is 2.00. The molecule has 26 heavy (non-hydrogen) atoms. The minimum absolute atomic E-state index is 0.0147. The van der Waals surface area contributed by atoms with Gasteiger partial charge in [0.15, 0.2) is 12.4 Å². The summed E-state index contributed by atoms with van der Waals surface area (Å²) in [6.07, 6.45) is 1.28. The second-order valence-electron chi connectivity index (χ2n) is 5.24. The van der Waals surface area contributed by atoms with Gasteiger partial charge < -0.3 is 9.15 Å². The molecule has 10 heteroatoms. The molecule has 0 unspecified atom stereocenters. The van der Waals surface area contributed by atoms with Crippen molar-refractivity contribution in [3.63, 3.8) is 0 Å². The summed E-state index contributed by atoms with van der Waals surface area (Å²) in [7, 11) is -0.831. The van der Waals surface area contributed by atoms with Crippen LogP contribution in [-0.4, -0.2) is 51.2 Å².